The van der Waals surface area contributed by atoms with Gasteiger partial charge in [0.2, 0.25) is 5.91 Å². The molecule has 0 saturated carbocycles. The molecule has 3 aromatic rings. The number of hydrogen-bond donors (Lipinski definition) is 0. The predicted molar refractivity (Wildman–Crippen MR) is 112 cm³/mol. The zero-order chi connectivity index (χ0) is 19.5. The number of amides is 1. The van der Waals surface area contributed by atoms with Crippen LogP contribution in [0.2, 0.25) is 5.02 Å². The lowest BCUT2D eigenvalue weighted by Crippen LogP contribution is -2.47. The molecule has 4 nitrogen and oxygen atoms in total. The molecule has 0 radical (unpaired) electrons. The number of nitrogens with zero attached hydrogens (tertiary/aromatic N) is 3. The molecule has 0 bridgehead atoms. The fourth-order valence-electron chi connectivity index (χ4n) is 3.19. The Balaban J connectivity index is 1.31. The second kappa shape index (κ2) is 8.39. The first-order valence-electron chi connectivity index (χ1n) is 9.07. The lowest BCUT2D eigenvalue weighted by atomic mass is 10.2. The third-order valence-electron chi connectivity index (χ3n) is 4.74. The number of piperazine rings is 1. The summed E-state index contributed by atoms with van der Waals surface area (Å²) >= 11 is 7.50. The smallest absolute Gasteiger partial charge is 0.246 e. The topological polar surface area (TPSA) is 36.4 Å². The second-order valence-electron chi connectivity index (χ2n) is 6.68. The molecule has 1 aromatic heterocycles. The van der Waals surface area contributed by atoms with Gasteiger partial charge >= 0.3 is 0 Å². The molecule has 1 aliphatic rings. The van der Waals surface area contributed by atoms with Crippen LogP contribution >= 0.6 is 22.9 Å². The van der Waals surface area contributed by atoms with Crippen molar-refractivity contribution in [3.05, 3.63) is 70.0 Å². The van der Waals surface area contributed by atoms with Gasteiger partial charge in [-0.2, -0.15) is 0 Å². The van der Waals surface area contributed by atoms with Crippen LogP contribution < -0.4 is 0 Å². The maximum absolute atomic E-state index is 13.2. The Morgan fingerprint density at radius 1 is 1.18 bits per heavy atom. The monoisotopic (exact) mass is 415 g/mol. The first-order valence-corrected chi connectivity index (χ1v) is 10.3. The average molecular weight is 416 g/mol. The molecular weight excluding hydrogens is 397 g/mol. The largest absolute Gasteiger partial charge is 0.337 e. The molecule has 0 N–H and O–H groups in total. The van der Waals surface area contributed by atoms with Crippen LogP contribution in [0.3, 0.4) is 0 Å². The SMILES string of the molecule is O=C(C=Cc1ccc(F)c(Cl)c1)N1CCN(Cc2nc3ccccc3s2)CC1. The third-order valence-corrected chi connectivity index (χ3v) is 6.05. The van der Waals surface area contributed by atoms with Crippen LogP contribution in [0.25, 0.3) is 16.3 Å². The van der Waals surface area contributed by atoms with Gasteiger partial charge < -0.3 is 4.90 Å². The van der Waals surface area contributed by atoms with E-state index in [1.54, 1.807) is 23.5 Å². The highest BCUT2D eigenvalue weighted by Gasteiger charge is 2.20. The van der Waals surface area contributed by atoms with E-state index < -0.39 is 5.82 Å². The Morgan fingerprint density at radius 2 is 1.96 bits per heavy atom. The summed E-state index contributed by atoms with van der Waals surface area (Å²) in [6.45, 7) is 3.80. The maximum atomic E-state index is 13.2. The van der Waals surface area contributed by atoms with Crippen LogP contribution in [0, 0.1) is 5.82 Å². The van der Waals surface area contributed by atoms with Gasteiger partial charge in [-0.15, -0.1) is 11.3 Å². The fourth-order valence-corrected chi connectivity index (χ4v) is 4.39. The molecule has 1 saturated heterocycles. The van der Waals surface area contributed by atoms with Crippen molar-refractivity contribution in [1.82, 2.24) is 14.8 Å². The van der Waals surface area contributed by atoms with Gasteiger partial charge in [-0.05, 0) is 35.9 Å². The highest BCUT2D eigenvalue weighted by Crippen LogP contribution is 2.23. The van der Waals surface area contributed by atoms with Crippen LogP contribution in [0.4, 0.5) is 4.39 Å². The molecule has 144 valence electrons. The Kier molecular flexibility index (Phi) is 5.71. The van der Waals surface area contributed by atoms with Crippen LogP contribution in [0.5, 0.6) is 0 Å². The quantitative estimate of drug-likeness (QED) is 0.591. The molecule has 0 aliphatic carbocycles. The van der Waals surface area contributed by atoms with Gasteiger partial charge in [0.15, 0.2) is 0 Å². The van der Waals surface area contributed by atoms with Crippen molar-refractivity contribution in [1.29, 1.82) is 0 Å². The van der Waals surface area contributed by atoms with Crippen LogP contribution in [-0.2, 0) is 11.3 Å². The summed E-state index contributed by atoms with van der Waals surface area (Å²) < 4.78 is 14.4. The number of para-hydroxylation sites is 1. The van der Waals surface area contributed by atoms with E-state index in [0.717, 1.165) is 30.2 Å². The summed E-state index contributed by atoms with van der Waals surface area (Å²) in [6.07, 6.45) is 3.19. The summed E-state index contributed by atoms with van der Waals surface area (Å²) in [5.74, 6) is -0.505. The Hall–Kier alpha value is -2.28. The van der Waals surface area contributed by atoms with Crippen molar-refractivity contribution >= 4 is 45.1 Å². The third kappa shape index (κ3) is 4.41. The molecule has 0 spiro atoms. The number of carbonyl (C=O) groups excluding carboxylic acids is 1. The number of hydrogen-bond acceptors (Lipinski definition) is 4. The Labute approximate surface area is 171 Å². The molecule has 1 amide bonds. The minimum absolute atomic E-state index is 0.0416. The molecule has 4 rings (SSSR count). The van der Waals surface area contributed by atoms with E-state index in [1.807, 2.05) is 23.1 Å². The molecule has 1 fully saturated rings. The molecule has 1 aliphatic heterocycles. The van der Waals surface area contributed by atoms with Crippen molar-refractivity contribution in [2.75, 3.05) is 26.2 Å². The summed E-state index contributed by atoms with van der Waals surface area (Å²) in [5.41, 5.74) is 1.75. The zero-order valence-electron chi connectivity index (χ0n) is 15.1. The first-order chi connectivity index (χ1) is 13.6. The molecular formula is C21H19ClFN3OS. The van der Waals surface area contributed by atoms with E-state index >= 15 is 0 Å². The average Bonchev–Trinajstić information content (AvgIpc) is 3.11. The number of halogens is 2. The van der Waals surface area contributed by atoms with E-state index in [1.165, 1.54) is 22.9 Å². The van der Waals surface area contributed by atoms with Crippen LogP contribution in [0.1, 0.15) is 10.6 Å². The number of fused-ring (bicyclic) bond motifs is 1. The molecule has 28 heavy (non-hydrogen) atoms. The van der Waals surface area contributed by atoms with Gasteiger partial charge in [-0.1, -0.05) is 29.8 Å². The number of carbonyl (C=O) groups is 1. The highest BCUT2D eigenvalue weighted by molar-refractivity contribution is 7.18. The number of rotatable bonds is 4. The van der Waals surface area contributed by atoms with Gasteiger partial charge in [-0.3, -0.25) is 9.69 Å². The van der Waals surface area contributed by atoms with Crippen molar-refractivity contribution in [2.45, 2.75) is 6.54 Å². The normalized spacial score (nSPS) is 15.6. The van der Waals surface area contributed by atoms with Gasteiger partial charge in [0.05, 0.1) is 21.8 Å². The van der Waals surface area contributed by atoms with Gasteiger partial charge in [-0.25, -0.2) is 9.37 Å². The van der Waals surface area contributed by atoms with E-state index in [2.05, 4.69) is 16.0 Å². The van der Waals surface area contributed by atoms with E-state index in [0.29, 0.717) is 18.7 Å². The summed E-state index contributed by atoms with van der Waals surface area (Å²) in [7, 11) is 0. The van der Waals surface area contributed by atoms with Crippen molar-refractivity contribution in [3.8, 4) is 0 Å². The molecule has 0 atom stereocenters. The van der Waals surface area contributed by atoms with E-state index in [-0.39, 0.29) is 10.9 Å². The summed E-state index contributed by atoms with van der Waals surface area (Å²) in [6, 6.07) is 12.6. The number of thiazole rings is 1. The molecule has 2 aromatic carbocycles. The summed E-state index contributed by atoms with van der Waals surface area (Å²) in [5, 5.41) is 1.16. The minimum Gasteiger partial charge on any atom is -0.337 e. The first kappa shape index (κ1) is 19.1. The lowest BCUT2D eigenvalue weighted by Gasteiger charge is -2.33. The Bertz CT molecular complexity index is 994. The maximum Gasteiger partial charge on any atom is 0.246 e. The number of benzene rings is 2. The predicted octanol–water partition coefficient (Wildman–Crippen LogP) is 4.45. The van der Waals surface area contributed by atoms with Gasteiger partial charge in [0.1, 0.15) is 10.8 Å². The zero-order valence-corrected chi connectivity index (χ0v) is 16.7. The molecule has 0 unspecified atom stereocenters. The minimum atomic E-state index is -0.464. The highest BCUT2D eigenvalue weighted by atomic mass is 35.5. The van der Waals surface area contributed by atoms with Crippen molar-refractivity contribution in [2.24, 2.45) is 0 Å². The van der Waals surface area contributed by atoms with Gasteiger partial charge in [0.25, 0.3) is 0 Å². The van der Waals surface area contributed by atoms with Crippen molar-refractivity contribution < 1.29 is 9.18 Å². The van der Waals surface area contributed by atoms with Crippen LogP contribution in [0.15, 0.2) is 48.5 Å². The molecule has 7 heteroatoms. The Morgan fingerprint density at radius 3 is 2.71 bits per heavy atom. The number of aromatic nitrogens is 1. The second-order valence-corrected chi connectivity index (χ2v) is 8.21. The van der Waals surface area contributed by atoms with E-state index in [4.69, 9.17) is 11.6 Å². The molecule has 2 heterocycles. The summed E-state index contributed by atoms with van der Waals surface area (Å²) in [4.78, 5) is 21.2. The van der Waals surface area contributed by atoms with Gasteiger partial charge in [0, 0.05) is 32.3 Å². The standard InChI is InChI=1S/C21H19ClFN3OS/c22-16-13-15(5-7-17(16)23)6-8-21(27)26-11-9-25(10-12-26)14-20-24-18-3-1-2-4-19(18)28-20/h1-8,13H,9-12,14H2. The van der Waals surface area contributed by atoms with Crippen LogP contribution in [-0.4, -0.2) is 46.9 Å². The fraction of sp³-hybridized carbons (Fsp3) is 0.238. The van der Waals surface area contributed by atoms with Crippen molar-refractivity contribution in [3.63, 3.8) is 0 Å². The lowest BCUT2D eigenvalue weighted by molar-refractivity contribution is -0.127. The van der Waals surface area contributed by atoms with E-state index in [9.17, 15) is 9.18 Å².